The van der Waals surface area contributed by atoms with Gasteiger partial charge in [-0.15, -0.1) is 0 Å². The molecule has 0 unspecified atom stereocenters. The zero-order valence-corrected chi connectivity index (χ0v) is 12.4. The molecule has 0 atom stereocenters. The number of hydrogen-bond donors (Lipinski definition) is 2. The molecular formula is C13H8Cl2N4S. The summed E-state index contributed by atoms with van der Waals surface area (Å²) in [6.45, 7) is 0. The number of allylic oxidation sites excluding steroid dienone is 2. The van der Waals surface area contributed by atoms with E-state index in [1.54, 1.807) is 18.2 Å². The minimum Gasteiger partial charge on any atom is -0.392 e. The van der Waals surface area contributed by atoms with Crippen molar-refractivity contribution in [3.8, 4) is 12.1 Å². The summed E-state index contributed by atoms with van der Waals surface area (Å²) < 4.78 is 0. The van der Waals surface area contributed by atoms with E-state index in [0.717, 1.165) is 11.8 Å². The fourth-order valence-corrected chi connectivity index (χ4v) is 3.15. The second kappa shape index (κ2) is 5.68. The van der Waals surface area contributed by atoms with Crippen molar-refractivity contribution in [3.05, 3.63) is 55.0 Å². The molecule has 1 aromatic carbocycles. The van der Waals surface area contributed by atoms with Crippen molar-refractivity contribution < 1.29 is 0 Å². The molecule has 7 heteroatoms. The van der Waals surface area contributed by atoms with Gasteiger partial charge in [0.2, 0.25) is 0 Å². The second-order valence-electron chi connectivity index (χ2n) is 3.96. The molecule has 20 heavy (non-hydrogen) atoms. The number of halogens is 2. The first kappa shape index (κ1) is 14.6. The van der Waals surface area contributed by atoms with Crippen LogP contribution >= 0.6 is 35.0 Å². The van der Waals surface area contributed by atoms with Crippen molar-refractivity contribution >= 4 is 35.0 Å². The summed E-state index contributed by atoms with van der Waals surface area (Å²) >= 11 is 13.2. The van der Waals surface area contributed by atoms with Gasteiger partial charge >= 0.3 is 0 Å². The lowest BCUT2D eigenvalue weighted by atomic mass is 9.86. The van der Waals surface area contributed by atoms with Crippen LogP contribution < -0.4 is 11.5 Å². The summed E-state index contributed by atoms with van der Waals surface area (Å²) in [6.07, 6.45) is 0. The normalized spacial score (nSPS) is 16.0. The van der Waals surface area contributed by atoms with Gasteiger partial charge in [0.15, 0.2) is 0 Å². The van der Waals surface area contributed by atoms with Gasteiger partial charge in [0.25, 0.3) is 0 Å². The highest BCUT2D eigenvalue weighted by Crippen LogP contribution is 2.45. The Morgan fingerprint density at radius 2 is 1.60 bits per heavy atom. The molecule has 0 fully saturated rings. The van der Waals surface area contributed by atoms with E-state index in [1.165, 1.54) is 0 Å². The van der Waals surface area contributed by atoms with Gasteiger partial charge in [-0.2, -0.15) is 10.5 Å². The van der Waals surface area contributed by atoms with Crippen LogP contribution in [0.2, 0.25) is 10.0 Å². The zero-order valence-electron chi connectivity index (χ0n) is 10.0. The molecule has 1 heterocycles. The Morgan fingerprint density at radius 1 is 1.05 bits per heavy atom. The minimum absolute atomic E-state index is 0.255. The number of nitrogens with two attached hydrogens (primary N) is 2. The van der Waals surface area contributed by atoms with Crippen LogP contribution in [0.4, 0.5) is 0 Å². The number of rotatable bonds is 1. The van der Waals surface area contributed by atoms with E-state index in [1.807, 2.05) is 12.1 Å². The largest absolute Gasteiger partial charge is 0.392 e. The lowest BCUT2D eigenvalue weighted by molar-refractivity contribution is 0.958. The number of thioether (sulfide) groups is 1. The third-order valence-corrected chi connectivity index (χ3v) is 4.57. The minimum atomic E-state index is -0.683. The van der Waals surface area contributed by atoms with Crippen LogP contribution in [0.1, 0.15) is 11.5 Å². The molecule has 4 nitrogen and oxygen atoms in total. The number of nitrogens with zero attached hydrogens (tertiary/aromatic N) is 2. The SMILES string of the molecule is N#CC1=C(N)SC(N)=C(C#N)C1c1cccc(Cl)c1Cl. The zero-order chi connectivity index (χ0) is 14.9. The van der Waals surface area contributed by atoms with Gasteiger partial charge in [-0.05, 0) is 11.6 Å². The summed E-state index contributed by atoms with van der Waals surface area (Å²) in [5.41, 5.74) is 12.7. The molecule has 1 aliphatic heterocycles. The van der Waals surface area contributed by atoms with Crippen molar-refractivity contribution in [3.63, 3.8) is 0 Å². The number of benzene rings is 1. The first-order chi connectivity index (χ1) is 9.51. The highest BCUT2D eigenvalue weighted by Gasteiger charge is 2.32. The lowest BCUT2D eigenvalue weighted by Gasteiger charge is -2.24. The third-order valence-electron chi connectivity index (χ3n) is 2.86. The van der Waals surface area contributed by atoms with Gasteiger partial charge in [0, 0.05) is 0 Å². The quantitative estimate of drug-likeness (QED) is 0.826. The maximum Gasteiger partial charge on any atom is 0.0985 e. The highest BCUT2D eigenvalue weighted by molar-refractivity contribution is 8.06. The van der Waals surface area contributed by atoms with Crippen LogP contribution in [0.25, 0.3) is 0 Å². The predicted molar refractivity (Wildman–Crippen MR) is 80.4 cm³/mol. The fourth-order valence-electron chi connectivity index (χ4n) is 1.95. The molecule has 0 saturated heterocycles. The molecule has 0 saturated carbocycles. The second-order valence-corrected chi connectivity index (χ2v) is 5.83. The third kappa shape index (κ3) is 2.32. The van der Waals surface area contributed by atoms with Crippen LogP contribution in [-0.4, -0.2) is 0 Å². The maximum atomic E-state index is 9.30. The van der Waals surface area contributed by atoms with Gasteiger partial charge < -0.3 is 11.5 Å². The van der Waals surface area contributed by atoms with Gasteiger partial charge in [-0.1, -0.05) is 47.1 Å². The van der Waals surface area contributed by atoms with Gasteiger partial charge in [-0.25, -0.2) is 0 Å². The molecule has 2 rings (SSSR count). The van der Waals surface area contributed by atoms with Gasteiger partial charge in [0.05, 0.1) is 49.3 Å². The van der Waals surface area contributed by atoms with Crippen LogP contribution in [-0.2, 0) is 0 Å². The maximum absolute atomic E-state index is 9.30. The Hall–Kier alpha value is -1.79. The van der Waals surface area contributed by atoms with Gasteiger partial charge in [0.1, 0.15) is 0 Å². The van der Waals surface area contributed by atoms with Crippen LogP contribution in [0, 0.1) is 22.7 Å². The van der Waals surface area contributed by atoms with E-state index in [9.17, 15) is 10.5 Å². The van der Waals surface area contributed by atoms with Gasteiger partial charge in [-0.3, -0.25) is 0 Å². The van der Waals surface area contributed by atoms with Crippen molar-refractivity contribution in [1.82, 2.24) is 0 Å². The van der Waals surface area contributed by atoms with Crippen LogP contribution in [0.3, 0.4) is 0 Å². The van der Waals surface area contributed by atoms with Crippen molar-refractivity contribution in [2.45, 2.75) is 5.92 Å². The Morgan fingerprint density at radius 3 is 2.10 bits per heavy atom. The first-order valence-electron chi connectivity index (χ1n) is 5.42. The van der Waals surface area contributed by atoms with E-state index < -0.39 is 5.92 Å². The monoisotopic (exact) mass is 322 g/mol. The molecule has 1 aromatic rings. The molecule has 0 amide bonds. The molecular weight excluding hydrogens is 315 g/mol. The van der Waals surface area contributed by atoms with E-state index in [4.69, 9.17) is 34.7 Å². The summed E-state index contributed by atoms with van der Waals surface area (Å²) in [5, 5.41) is 19.8. The van der Waals surface area contributed by atoms with Crippen LogP contribution in [0.15, 0.2) is 39.4 Å². The average Bonchev–Trinajstić information content (AvgIpc) is 2.41. The standard InChI is InChI=1S/C13H8Cl2N4S/c14-9-3-1-2-6(11(9)15)10-7(4-16)12(18)20-13(19)8(10)5-17/h1-3,10H,18-19H2. The molecule has 0 radical (unpaired) electrons. The van der Waals surface area contributed by atoms with E-state index in [2.05, 4.69) is 0 Å². The topological polar surface area (TPSA) is 99.6 Å². The summed E-state index contributed by atoms with van der Waals surface area (Å²) in [7, 11) is 0. The molecule has 1 aliphatic rings. The Bertz CT molecular complexity index is 689. The molecule has 0 spiro atoms. The average molecular weight is 323 g/mol. The Labute approximate surface area is 130 Å². The van der Waals surface area contributed by atoms with E-state index in [0.29, 0.717) is 10.6 Å². The molecule has 0 aliphatic carbocycles. The molecule has 100 valence electrons. The summed E-state index contributed by atoms with van der Waals surface area (Å²) in [6, 6.07) is 9.07. The Kier molecular flexibility index (Phi) is 4.15. The smallest absolute Gasteiger partial charge is 0.0985 e. The lowest BCUT2D eigenvalue weighted by Crippen LogP contribution is -2.18. The number of nitriles is 2. The van der Waals surface area contributed by atoms with Crippen LogP contribution in [0.5, 0.6) is 0 Å². The summed E-state index contributed by atoms with van der Waals surface area (Å²) in [4.78, 5) is 0. The fraction of sp³-hybridized carbons (Fsp3) is 0.0769. The van der Waals surface area contributed by atoms with Crippen molar-refractivity contribution in [1.29, 1.82) is 10.5 Å². The number of hydrogen-bond acceptors (Lipinski definition) is 5. The molecule has 4 N–H and O–H groups in total. The van der Waals surface area contributed by atoms with Crippen molar-refractivity contribution in [2.24, 2.45) is 11.5 Å². The predicted octanol–water partition coefficient (Wildman–Crippen LogP) is 3.21. The Balaban J connectivity index is 2.73. The first-order valence-corrected chi connectivity index (χ1v) is 6.99. The molecule has 0 aromatic heterocycles. The summed E-state index contributed by atoms with van der Waals surface area (Å²) in [5.74, 6) is -0.683. The molecule has 0 bridgehead atoms. The highest BCUT2D eigenvalue weighted by atomic mass is 35.5. The van der Waals surface area contributed by atoms with E-state index in [-0.39, 0.29) is 26.2 Å². The van der Waals surface area contributed by atoms with Crippen molar-refractivity contribution in [2.75, 3.05) is 0 Å². The van der Waals surface area contributed by atoms with E-state index >= 15 is 0 Å².